The summed E-state index contributed by atoms with van der Waals surface area (Å²) in [6.45, 7) is 0. The van der Waals surface area contributed by atoms with E-state index in [0.29, 0.717) is 16.1 Å². The lowest BCUT2D eigenvalue weighted by atomic mass is 10.2. The zero-order chi connectivity index (χ0) is 15.9. The predicted molar refractivity (Wildman–Crippen MR) is 83.5 cm³/mol. The van der Waals surface area contributed by atoms with Gasteiger partial charge in [0.15, 0.2) is 0 Å². The summed E-state index contributed by atoms with van der Waals surface area (Å²) in [6, 6.07) is 12.6. The Balaban J connectivity index is 1.89. The molecule has 0 aromatic heterocycles. The highest BCUT2D eigenvalue weighted by atomic mass is 32.2. The van der Waals surface area contributed by atoms with Gasteiger partial charge in [0.1, 0.15) is 5.82 Å². The zero-order valence-corrected chi connectivity index (χ0v) is 12.7. The Bertz CT molecular complexity index is 673. The van der Waals surface area contributed by atoms with Crippen molar-refractivity contribution in [2.24, 2.45) is 0 Å². The number of carbonyl (C=O) groups excluding carboxylic acids is 2. The van der Waals surface area contributed by atoms with Gasteiger partial charge in [-0.1, -0.05) is 12.1 Å². The maximum Gasteiger partial charge on any atom is 0.337 e. The molecule has 4 nitrogen and oxygen atoms in total. The van der Waals surface area contributed by atoms with Crippen molar-refractivity contribution in [3.8, 4) is 0 Å². The molecule has 0 radical (unpaired) electrons. The molecule has 0 heterocycles. The Morgan fingerprint density at radius 3 is 2.45 bits per heavy atom. The van der Waals surface area contributed by atoms with Crippen molar-refractivity contribution in [1.82, 2.24) is 0 Å². The average molecular weight is 319 g/mol. The molecule has 2 aromatic carbocycles. The Labute approximate surface area is 131 Å². The molecule has 0 spiro atoms. The molecule has 0 saturated carbocycles. The highest BCUT2D eigenvalue weighted by Gasteiger charge is 2.08. The lowest BCUT2D eigenvalue weighted by molar-refractivity contribution is -0.113. The van der Waals surface area contributed by atoms with E-state index in [2.05, 4.69) is 10.1 Å². The molecule has 2 aromatic rings. The first kappa shape index (κ1) is 16.0. The van der Waals surface area contributed by atoms with Crippen LogP contribution >= 0.6 is 11.8 Å². The minimum absolute atomic E-state index is 0.0969. The number of methoxy groups -OCH3 is 1. The van der Waals surface area contributed by atoms with Crippen molar-refractivity contribution in [2.45, 2.75) is 4.90 Å². The minimum Gasteiger partial charge on any atom is -0.465 e. The maximum absolute atomic E-state index is 13.4. The topological polar surface area (TPSA) is 55.4 Å². The summed E-state index contributed by atoms with van der Waals surface area (Å²) in [5.74, 6) is -0.936. The molecule has 0 aliphatic carbocycles. The van der Waals surface area contributed by atoms with Crippen LogP contribution in [0.15, 0.2) is 53.4 Å². The smallest absolute Gasteiger partial charge is 0.337 e. The highest BCUT2D eigenvalue weighted by molar-refractivity contribution is 8.00. The van der Waals surface area contributed by atoms with Gasteiger partial charge in [0.25, 0.3) is 0 Å². The van der Waals surface area contributed by atoms with Crippen LogP contribution in [0.4, 0.5) is 10.1 Å². The molecular formula is C16H14FNO3S. The number of nitrogens with one attached hydrogen (secondary N) is 1. The van der Waals surface area contributed by atoms with Crippen LogP contribution in [-0.4, -0.2) is 24.7 Å². The lowest BCUT2D eigenvalue weighted by Gasteiger charge is -2.06. The monoisotopic (exact) mass is 319 g/mol. The molecule has 0 aliphatic rings. The average Bonchev–Trinajstić information content (AvgIpc) is 2.54. The maximum atomic E-state index is 13.4. The highest BCUT2D eigenvalue weighted by Crippen LogP contribution is 2.21. The van der Waals surface area contributed by atoms with Gasteiger partial charge in [-0.15, -0.1) is 11.8 Å². The molecule has 114 valence electrons. The van der Waals surface area contributed by atoms with Crippen molar-refractivity contribution in [3.05, 3.63) is 59.9 Å². The predicted octanol–water partition coefficient (Wildman–Crippen LogP) is 3.34. The molecule has 2 rings (SSSR count). The number of ether oxygens (including phenoxy) is 1. The van der Waals surface area contributed by atoms with Gasteiger partial charge in [-0.25, -0.2) is 9.18 Å². The lowest BCUT2D eigenvalue weighted by Crippen LogP contribution is -2.14. The minimum atomic E-state index is -0.437. The van der Waals surface area contributed by atoms with E-state index in [4.69, 9.17) is 0 Å². The Hall–Kier alpha value is -2.34. The number of halogens is 1. The second-order valence-corrected chi connectivity index (χ2v) is 5.35. The van der Waals surface area contributed by atoms with Gasteiger partial charge in [-0.3, -0.25) is 4.79 Å². The number of thioether (sulfide) groups is 1. The van der Waals surface area contributed by atoms with Crippen molar-refractivity contribution in [3.63, 3.8) is 0 Å². The van der Waals surface area contributed by atoms with Gasteiger partial charge in [-0.05, 0) is 36.4 Å². The van der Waals surface area contributed by atoms with Crippen LogP contribution in [0.1, 0.15) is 10.4 Å². The van der Waals surface area contributed by atoms with E-state index in [0.717, 1.165) is 11.8 Å². The zero-order valence-electron chi connectivity index (χ0n) is 11.8. The fraction of sp³-hybridized carbons (Fsp3) is 0.125. The van der Waals surface area contributed by atoms with Crippen LogP contribution in [0.25, 0.3) is 0 Å². The summed E-state index contributed by atoms with van der Waals surface area (Å²) in [4.78, 5) is 23.5. The van der Waals surface area contributed by atoms with Crippen molar-refractivity contribution in [1.29, 1.82) is 0 Å². The molecular weight excluding hydrogens is 305 g/mol. The van der Waals surface area contributed by atoms with E-state index >= 15 is 0 Å². The van der Waals surface area contributed by atoms with Crippen LogP contribution < -0.4 is 5.32 Å². The summed E-state index contributed by atoms with van der Waals surface area (Å²) in [6.07, 6.45) is 0. The summed E-state index contributed by atoms with van der Waals surface area (Å²) >= 11 is 1.12. The third-order valence-corrected chi connectivity index (χ3v) is 3.83. The van der Waals surface area contributed by atoms with Crippen LogP contribution in [0.5, 0.6) is 0 Å². The quantitative estimate of drug-likeness (QED) is 0.678. The standard InChI is InChI=1S/C16H14FNO3S/c1-21-16(20)11-6-8-12(9-7-11)18-15(19)10-22-14-5-3-2-4-13(14)17/h2-9H,10H2,1H3,(H,18,19). The normalized spacial score (nSPS) is 10.1. The van der Waals surface area contributed by atoms with Gasteiger partial charge in [0.05, 0.1) is 18.4 Å². The number of carbonyl (C=O) groups is 2. The molecule has 1 amide bonds. The molecule has 0 fully saturated rings. The number of esters is 1. The Morgan fingerprint density at radius 2 is 1.82 bits per heavy atom. The number of benzene rings is 2. The summed E-state index contributed by atoms with van der Waals surface area (Å²) in [7, 11) is 1.30. The number of amides is 1. The largest absolute Gasteiger partial charge is 0.465 e. The van der Waals surface area contributed by atoms with Gasteiger partial charge >= 0.3 is 5.97 Å². The van der Waals surface area contributed by atoms with E-state index in [1.165, 1.54) is 13.2 Å². The SMILES string of the molecule is COC(=O)c1ccc(NC(=O)CSc2ccccc2F)cc1. The third kappa shape index (κ3) is 4.33. The number of hydrogen-bond donors (Lipinski definition) is 1. The van der Waals surface area contributed by atoms with Crippen LogP contribution in [0.3, 0.4) is 0 Å². The summed E-state index contributed by atoms with van der Waals surface area (Å²) in [5, 5.41) is 2.68. The van der Waals surface area contributed by atoms with Crippen LogP contribution in [-0.2, 0) is 9.53 Å². The van der Waals surface area contributed by atoms with Crippen molar-refractivity contribution >= 4 is 29.3 Å². The van der Waals surface area contributed by atoms with Gasteiger partial charge in [0, 0.05) is 10.6 Å². The second kappa shape index (κ2) is 7.61. The molecule has 1 N–H and O–H groups in total. The Morgan fingerprint density at radius 1 is 1.14 bits per heavy atom. The molecule has 0 aliphatic heterocycles. The summed E-state index contributed by atoms with van der Waals surface area (Å²) < 4.78 is 18.0. The van der Waals surface area contributed by atoms with Crippen molar-refractivity contribution in [2.75, 3.05) is 18.2 Å². The first-order chi connectivity index (χ1) is 10.6. The fourth-order valence-electron chi connectivity index (χ4n) is 1.71. The fourth-order valence-corrected chi connectivity index (χ4v) is 2.45. The molecule has 0 saturated heterocycles. The Kier molecular flexibility index (Phi) is 5.55. The van der Waals surface area contributed by atoms with Gasteiger partial charge in [-0.2, -0.15) is 0 Å². The number of rotatable bonds is 5. The molecule has 0 atom stereocenters. The van der Waals surface area contributed by atoms with E-state index in [-0.39, 0.29) is 17.5 Å². The third-order valence-electron chi connectivity index (χ3n) is 2.79. The van der Waals surface area contributed by atoms with Crippen LogP contribution in [0, 0.1) is 5.82 Å². The molecule has 22 heavy (non-hydrogen) atoms. The van der Waals surface area contributed by atoms with E-state index in [1.54, 1.807) is 42.5 Å². The van der Waals surface area contributed by atoms with E-state index in [1.807, 2.05) is 0 Å². The number of anilines is 1. The van der Waals surface area contributed by atoms with E-state index < -0.39 is 5.97 Å². The van der Waals surface area contributed by atoms with Gasteiger partial charge in [0.2, 0.25) is 5.91 Å². The first-order valence-electron chi connectivity index (χ1n) is 6.45. The summed E-state index contributed by atoms with van der Waals surface area (Å²) in [5.41, 5.74) is 0.966. The second-order valence-electron chi connectivity index (χ2n) is 4.34. The molecule has 0 bridgehead atoms. The number of hydrogen-bond acceptors (Lipinski definition) is 4. The first-order valence-corrected chi connectivity index (χ1v) is 7.44. The van der Waals surface area contributed by atoms with Crippen molar-refractivity contribution < 1.29 is 18.7 Å². The molecule has 6 heteroatoms. The molecule has 0 unspecified atom stereocenters. The van der Waals surface area contributed by atoms with Crippen LogP contribution in [0.2, 0.25) is 0 Å². The van der Waals surface area contributed by atoms with E-state index in [9.17, 15) is 14.0 Å². The van der Waals surface area contributed by atoms with Gasteiger partial charge < -0.3 is 10.1 Å².